The Hall–Kier alpha value is -1.90. The third-order valence-corrected chi connectivity index (χ3v) is 6.62. The third kappa shape index (κ3) is 5.83. The monoisotopic (exact) mass is 526 g/mol. The van der Waals surface area contributed by atoms with Crippen LogP contribution >= 0.6 is 39.1 Å². The highest BCUT2D eigenvalue weighted by atomic mass is 79.9. The number of rotatable bonds is 7. The van der Waals surface area contributed by atoms with Gasteiger partial charge in [0.1, 0.15) is 0 Å². The van der Waals surface area contributed by atoms with Crippen molar-refractivity contribution in [3.63, 3.8) is 0 Å². The van der Waals surface area contributed by atoms with E-state index < -0.39 is 16.1 Å². The molecule has 30 heavy (non-hydrogen) atoms. The molecule has 0 radical (unpaired) electrons. The smallest absolute Gasteiger partial charge is 0.238 e. The summed E-state index contributed by atoms with van der Waals surface area (Å²) in [6.45, 7) is 0. The zero-order valence-corrected chi connectivity index (χ0v) is 19.4. The number of Topliss-reactive ketones (excluding diaryl/α,β-unsaturated/α-hetero) is 1. The minimum atomic E-state index is -3.79. The highest BCUT2D eigenvalue weighted by Crippen LogP contribution is 2.30. The number of primary sulfonamides is 1. The number of benzene rings is 3. The van der Waals surface area contributed by atoms with E-state index in [-0.39, 0.29) is 17.1 Å². The SMILES string of the molecule is NS(=O)(=O)c1ccc(NC(CC(=O)c2ccc(Br)cc2)c2ccc(Cl)c(Cl)c2)cc1. The van der Waals surface area contributed by atoms with Gasteiger partial charge >= 0.3 is 0 Å². The second-order valence-corrected chi connectivity index (χ2v) is 9.87. The van der Waals surface area contributed by atoms with Crippen molar-refractivity contribution >= 4 is 60.6 Å². The number of ketones is 1. The Kier molecular flexibility index (Phi) is 7.21. The molecule has 0 saturated heterocycles. The molecule has 3 N–H and O–H groups in total. The van der Waals surface area contributed by atoms with Crippen molar-refractivity contribution < 1.29 is 13.2 Å². The average Bonchev–Trinajstić information content (AvgIpc) is 2.70. The number of carbonyl (C=O) groups is 1. The highest BCUT2D eigenvalue weighted by Gasteiger charge is 2.19. The number of sulfonamides is 1. The van der Waals surface area contributed by atoms with Crippen LogP contribution in [0, 0.1) is 0 Å². The first kappa shape index (κ1) is 22.8. The first-order chi connectivity index (χ1) is 14.1. The maximum absolute atomic E-state index is 12.9. The highest BCUT2D eigenvalue weighted by molar-refractivity contribution is 9.10. The number of halogens is 3. The van der Waals surface area contributed by atoms with Crippen LogP contribution in [0.3, 0.4) is 0 Å². The van der Waals surface area contributed by atoms with Crippen LogP contribution < -0.4 is 10.5 Å². The zero-order valence-electron chi connectivity index (χ0n) is 15.5. The Labute approximate surface area is 193 Å². The van der Waals surface area contributed by atoms with Crippen LogP contribution in [0.5, 0.6) is 0 Å². The lowest BCUT2D eigenvalue weighted by atomic mass is 9.97. The Morgan fingerprint density at radius 2 is 1.60 bits per heavy atom. The molecule has 156 valence electrons. The van der Waals surface area contributed by atoms with Crippen LogP contribution in [0.1, 0.15) is 28.4 Å². The Balaban J connectivity index is 1.89. The van der Waals surface area contributed by atoms with E-state index in [4.69, 9.17) is 28.3 Å². The molecule has 0 fully saturated rings. The molecule has 3 aromatic rings. The normalized spacial score (nSPS) is 12.4. The Bertz CT molecular complexity index is 1170. The number of nitrogens with one attached hydrogen (secondary N) is 1. The van der Waals surface area contributed by atoms with Gasteiger partial charge in [0.2, 0.25) is 10.0 Å². The summed E-state index contributed by atoms with van der Waals surface area (Å²) in [5, 5.41) is 9.20. The third-order valence-electron chi connectivity index (χ3n) is 4.43. The van der Waals surface area contributed by atoms with Crippen molar-refractivity contribution in [3.05, 3.63) is 92.4 Å². The number of hydrogen-bond acceptors (Lipinski definition) is 4. The Morgan fingerprint density at radius 3 is 2.17 bits per heavy atom. The summed E-state index contributed by atoms with van der Waals surface area (Å²) in [5.74, 6) is -0.0628. The van der Waals surface area contributed by atoms with Gasteiger partial charge in [-0.3, -0.25) is 4.79 Å². The first-order valence-corrected chi connectivity index (χ1v) is 11.9. The van der Waals surface area contributed by atoms with Gasteiger partial charge in [0.05, 0.1) is 21.0 Å². The Morgan fingerprint density at radius 1 is 0.967 bits per heavy atom. The molecular formula is C21H17BrCl2N2O3S. The number of anilines is 1. The number of hydrogen-bond donors (Lipinski definition) is 2. The van der Waals surface area contributed by atoms with Gasteiger partial charge in [-0.25, -0.2) is 13.6 Å². The molecule has 0 saturated carbocycles. The topological polar surface area (TPSA) is 89.3 Å². The summed E-state index contributed by atoms with van der Waals surface area (Å²) in [6.07, 6.45) is 0.149. The van der Waals surface area contributed by atoms with Crippen LogP contribution in [0.25, 0.3) is 0 Å². The molecule has 0 aliphatic heterocycles. The van der Waals surface area contributed by atoms with Crippen molar-refractivity contribution in [1.29, 1.82) is 0 Å². The molecule has 0 spiro atoms. The van der Waals surface area contributed by atoms with Crippen molar-refractivity contribution in [1.82, 2.24) is 0 Å². The van der Waals surface area contributed by atoms with E-state index in [1.807, 2.05) is 0 Å². The largest absolute Gasteiger partial charge is 0.378 e. The molecule has 1 atom stereocenters. The second kappa shape index (κ2) is 9.49. The van der Waals surface area contributed by atoms with Gasteiger partial charge in [-0.2, -0.15) is 0 Å². The predicted octanol–water partition coefficient (Wildman–Crippen LogP) is 5.83. The van der Waals surface area contributed by atoms with Gasteiger partial charge in [0, 0.05) is 22.1 Å². The van der Waals surface area contributed by atoms with Crippen LogP contribution in [0.4, 0.5) is 5.69 Å². The summed E-state index contributed by atoms with van der Waals surface area (Å²) in [6, 6.07) is 17.8. The summed E-state index contributed by atoms with van der Waals surface area (Å²) in [5.41, 5.74) is 1.97. The van der Waals surface area contributed by atoms with E-state index in [9.17, 15) is 13.2 Å². The van der Waals surface area contributed by atoms with Gasteiger partial charge < -0.3 is 5.32 Å². The molecule has 0 aromatic heterocycles. The molecule has 3 aromatic carbocycles. The minimum absolute atomic E-state index is 0.00470. The molecule has 0 aliphatic carbocycles. The van der Waals surface area contributed by atoms with E-state index in [1.54, 1.807) is 54.6 Å². The number of carbonyl (C=O) groups excluding carboxylic acids is 1. The molecule has 0 amide bonds. The fraction of sp³-hybridized carbons (Fsp3) is 0.0952. The molecule has 1 unspecified atom stereocenters. The van der Waals surface area contributed by atoms with Gasteiger partial charge in [-0.05, 0) is 54.1 Å². The maximum Gasteiger partial charge on any atom is 0.238 e. The first-order valence-electron chi connectivity index (χ1n) is 8.76. The van der Waals surface area contributed by atoms with E-state index >= 15 is 0 Å². The van der Waals surface area contributed by atoms with Crippen molar-refractivity contribution in [2.24, 2.45) is 5.14 Å². The van der Waals surface area contributed by atoms with E-state index in [1.165, 1.54) is 12.1 Å². The molecule has 9 heteroatoms. The van der Waals surface area contributed by atoms with Crippen LogP contribution in [-0.2, 0) is 10.0 Å². The fourth-order valence-corrected chi connectivity index (χ4v) is 3.95. The lowest BCUT2D eigenvalue weighted by Gasteiger charge is -2.21. The van der Waals surface area contributed by atoms with Crippen molar-refractivity contribution in [2.45, 2.75) is 17.4 Å². The molecule has 5 nitrogen and oxygen atoms in total. The van der Waals surface area contributed by atoms with E-state index in [2.05, 4.69) is 21.2 Å². The summed E-state index contributed by atoms with van der Waals surface area (Å²) < 4.78 is 23.8. The average molecular weight is 528 g/mol. The van der Waals surface area contributed by atoms with Crippen LogP contribution in [0.15, 0.2) is 76.1 Å². The molecule has 0 heterocycles. The summed E-state index contributed by atoms with van der Waals surface area (Å²) >= 11 is 15.6. The zero-order chi connectivity index (χ0) is 21.9. The molecular weight excluding hydrogens is 511 g/mol. The minimum Gasteiger partial charge on any atom is -0.378 e. The number of nitrogens with two attached hydrogens (primary N) is 1. The maximum atomic E-state index is 12.9. The second-order valence-electron chi connectivity index (χ2n) is 6.57. The molecule has 0 bridgehead atoms. The van der Waals surface area contributed by atoms with Crippen LogP contribution in [-0.4, -0.2) is 14.2 Å². The quantitative estimate of drug-likeness (QED) is 0.378. The van der Waals surface area contributed by atoms with Gasteiger partial charge in [0.25, 0.3) is 0 Å². The van der Waals surface area contributed by atoms with Crippen LogP contribution in [0.2, 0.25) is 10.0 Å². The van der Waals surface area contributed by atoms with E-state index in [0.29, 0.717) is 21.3 Å². The standard InChI is InChI=1S/C21H17BrCl2N2O3S/c22-15-4-1-13(2-5-15)21(27)12-20(14-3-10-18(23)19(24)11-14)26-16-6-8-17(9-7-16)30(25,28)29/h1-11,20,26H,12H2,(H2,25,28,29). The van der Waals surface area contributed by atoms with Gasteiger partial charge in [-0.15, -0.1) is 0 Å². The van der Waals surface area contributed by atoms with E-state index in [0.717, 1.165) is 10.0 Å². The molecule has 0 aliphatic rings. The lowest BCUT2D eigenvalue weighted by molar-refractivity contribution is 0.0976. The van der Waals surface area contributed by atoms with Gasteiger partial charge in [0.15, 0.2) is 5.78 Å². The van der Waals surface area contributed by atoms with Gasteiger partial charge in [-0.1, -0.05) is 57.3 Å². The predicted molar refractivity (Wildman–Crippen MR) is 124 cm³/mol. The molecule has 3 rings (SSSR count). The summed E-state index contributed by atoms with van der Waals surface area (Å²) in [7, 11) is -3.79. The van der Waals surface area contributed by atoms with Crippen molar-refractivity contribution in [3.8, 4) is 0 Å². The fourth-order valence-electron chi connectivity index (χ4n) is 2.86. The van der Waals surface area contributed by atoms with Crippen molar-refractivity contribution in [2.75, 3.05) is 5.32 Å². The summed E-state index contributed by atoms with van der Waals surface area (Å²) in [4.78, 5) is 12.9. The lowest BCUT2D eigenvalue weighted by Crippen LogP contribution is -2.16.